The number of Topliss-reactive ketones (excluding diaryl/α,β-unsaturated/α-hetero) is 1. The van der Waals surface area contributed by atoms with Crippen LogP contribution in [0.5, 0.6) is 5.75 Å². The average Bonchev–Trinajstić information content (AvgIpc) is 3.07. The van der Waals surface area contributed by atoms with Crippen molar-refractivity contribution in [3.8, 4) is 5.75 Å². The van der Waals surface area contributed by atoms with Gasteiger partial charge in [-0.25, -0.2) is 0 Å². The maximum Gasteiger partial charge on any atom is 0.139 e. The van der Waals surface area contributed by atoms with Crippen LogP contribution in [-0.2, 0) is 17.8 Å². The zero-order valence-corrected chi connectivity index (χ0v) is 18.4. The minimum atomic E-state index is -0.0522. The first-order chi connectivity index (χ1) is 14.6. The Morgan fingerprint density at radius 1 is 1.10 bits per heavy atom. The number of hydrogen-bond donors (Lipinski definition) is 0. The molecular weight excluding hydrogens is 368 g/mol. The summed E-state index contributed by atoms with van der Waals surface area (Å²) in [6.45, 7) is 5.21. The molecule has 0 unspecified atom stereocenters. The van der Waals surface area contributed by atoms with Crippen LogP contribution in [0.4, 0.5) is 0 Å². The van der Waals surface area contributed by atoms with Gasteiger partial charge in [0, 0.05) is 11.8 Å². The molecule has 0 aromatic heterocycles. The van der Waals surface area contributed by atoms with Gasteiger partial charge in [-0.3, -0.25) is 4.79 Å². The number of benzene rings is 2. The minimum Gasteiger partial charge on any atom is -0.489 e. The highest BCUT2D eigenvalue weighted by Crippen LogP contribution is 2.61. The lowest BCUT2D eigenvalue weighted by Crippen LogP contribution is -2.46. The van der Waals surface area contributed by atoms with E-state index in [1.807, 2.05) is 6.07 Å². The molecule has 0 heterocycles. The minimum absolute atomic E-state index is 0.0522. The summed E-state index contributed by atoms with van der Waals surface area (Å²) in [5.74, 6) is 4.12. The Labute approximate surface area is 181 Å². The Bertz CT molecular complexity index is 917. The van der Waals surface area contributed by atoms with Crippen molar-refractivity contribution >= 4 is 5.78 Å². The molecule has 0 spiro atoms. The zero-order valence-electron chi connectivity index (χ0n) is 18.4. The summed E-state index contributed by atoms with van der Waals surface area (Å²) in [5, 5.41) is 0. The first-order valence-corrected chi connectivity index (χ1v) is 11.9. The van der Waals surface area contributed by atoms with Gasteiger partial charge in [-0.15, -0.1) is 0 Å². The molecule has 158 valence electrons. The lowest BCUT2D eigenvalue weighted by Gasteiger charge is -2.51. The van der Waals surface area contributed by atoms with Crippen LogP contribution in [0, 0.1) is 23.2 Å². The summed E-state index contributed by atoms with van der Waals surface area (Å²) in [4.78, 5) is 12.7. The van der Waals surface area contributed by atoms with Crippen LogP contribution in [0.3, 0.4) is 0 Å². The quantitative estimate of drug-likeness (QED) is 0.555. The molecule has 3 aliphatic rings. The molecule has 3 aliphatic carbocycles. The summed E-state index contributed by atoms with van der Waals surface area (Å²) in [7, 11) is 0. The molecule has 30 heavy (non-hydrogen) atoms. The second kappa shape index (κ2) is 7.87. The van der Waals surface area contributed by atoms with Crippen molar-refractivity contribution < 1.29 is 9.53 Å². The number of carbonyl (C=O) groups excluding carboxylic acids is 1. The Morgan fingerprint density at radius 2 is 1.93 bits per heavy atom. The Kier molecular flexibility index (Phi) is 5.21. The maximum absolute atomic E-state index is 12.7. The van der Waals surface area contributed by atoms with E-state index >= 15 is 0 Å². The monoisotopic (exact) mass is 402 g/mol. The van der Waals surface area contributed by atoms with Crippen LogP contribution < -0.4 is 4.74 Å². The van der Waals surface area contributed by atoms with Crippen LogP contribution in [0.15, 0.2) is 48.5 Å². The average molecular weight is 403 g/mol. The van der Waals surface area contributed by atoms with Crippen LogP contribution in [0.2, 0.25) is 0 Å². The summed E-state index contributed by atoms with van der Waals surface area (Å²) >= 11 is 0. The molecule has 0 saturated heterocycles. The first kappa shape index (κ1) is 19.8. The van der Waals surface area contributed by atoms with E-state index in [-0.39, 0.29) is 5.41 Å². The summed E-state index contributed by atoms with van der Waals surface area (Å²) in [6, 6.07) is 17.2. The predicted molar refractivity (Wildman–Crippen MR) is 121 cm³/mol. The molecule has 0 radical (unpaired) electrons. The first-order valence-electron chi connectivity index (χ1n) is 11.9. The molecule has 0 amide bonds. The van der Waals surface area contributed by atoms with Crippen molar-refractivity contribution in [3.63, 3.8) is 0 Å². The van der Waals surface area contributed by atoms with Gasteiger partial charge < -0.3 is 4.74 Å². The van der Waals surface area contributed by atoms with Gasteiger partial charge in [-0.05, 0) is 78.2 Å². The fourth-order valence-electron chi connectivity index (χ4n) is 7.02. The molecule has 2 fully saturated rings. The van der Waals surface area contributed by atoms with Crippen molar-refractivity contribution in [2.24, 2.45) is 23.2 Å². The summed E-state index contributed by atoms with van der Waals surface area (Å²) < 4.78 is 6.14. The van der Waals surface area contributed by atoms with Gasteiger partial charge in [0.1, 0.15) is 18.1 Å². The highest BCUT2D eigenvalue weighted by atomic mass is 16.5. The molecule has 0 N–H and O–H groups in total. The van der Waals surface area contributed by atoms with Crippen molar-refractivity contribution in [1.82, 2.24) is 0 Å². The Balaban J connectivity index is 1.42. The lowest BCUT2D eigenvalue weighted by molar-refractivity contribution is -0.130. The number of hydrogen-bond acceptors (Lipinski definition) is 2. The number of ether oxygens (including phenoxy) is 1. The summed E-state index contributed by atoms with van der Waals surface area (Å²) in [6.07, 6.45) is 7.81. The van der Waals surface area contributed by atoms with Crippen LogP contribution in [0.25, 0.3) is 0 Å². The van der Waals surface area contributed by atoms with E-state index in [1.54, 1.807) is 5.56 Å². The highest BCUT2D eigenvalue weighted by Gasteiger charge is 2.56. The van der Waals surface area contributed by atoms with Gasteiger partial charge in [0.15, 0.2) is 0 Å². The van der Waals surface area contributed by atoms with E-state index in [9.17, 15) is 4.79 Å². The van der Waals surface area contributed by atoms with Crippen molar-refractivity contribution in [2.45, 2.75) is 71.3 Å². The highest BCUT2D eigenvalue weighted by molar-refractivity contribution is 5.87. The molecule has 5 atom stereocenters. The van der Waals surface area contributed by atoms with E-state index in [4.69, 9.17) is 4.74 Å². The molecule has 5 rings (SSSR count). The lowest BCUT2D eigenvalue weighted by atomic mass is 9.52. The van der Waals surface area contributed by atoms with Crippen LogP contribution in [-0.4, -0.2) is 5.78 Å². The largest absolute Gasteiger partial charge is 0.489 e. The van der Waals surface area contributed by atoms with Gasteiger partial charge in [-0.1, -0.05) is 63.1 Å². The Morgan fingerprint density at radius 3 is 2.73 bits per heavy atom. The number of rotatable bonds is 5. The fourth-order valence-corrected chi connectivity index (χ4v) is 7.02. The molecule has 0 aliphatic heterocycles. The van der Waals surface area contributed by atoms with E-state index in [0.717, 1.165) is 31.4 Å². The zero-order chi connectivity index (χ0) is 20.7. The number of carbonyl (C=O) groups is 1. The molecule has 2 aromatic carbocycles. The third kappa shape index (κ3) is 3.29. The SMILES string of the molecule is CCC[C@@H]1Cc2cc(OCc3ccccc3)ccc2[C@H]2CC[C@]3(C)C(=O)CC[C@H]3[C@H]12. The van der Waals surface area contributed by atoms with E-state index in [2.05, 4.69) is 56.3 Å². The molecular formula is C28H34O2. The second-order valence-electron chi connectivity index (χ2n) is 10.1. The van der Waals surface area contributed by atoms with Gasteiger partial charge >= 0.3 is 0 Å². The number of ketones is 1. The fraction of sp³-hybridized carbons (Fsp3) is 0.536. The van der Waals surface area contributed by atoms with Crippen molar-refractivity contribution in [3.05, 3.63) is 65.2 Å². The van der Waals surface area contributed by atoms with E-state index < -0.39 is 0 Å². The molecule has 2 saturated carbocycles. The molecule has 0 bridgehead atoms. The molecule has 2 aromatic rings. The third-order valence-electron chi connectivity index (χ3n) is 8.49. The van der Waals surface area contributed by atoms with Gasteiger partial charge in [0.05, 0.1) is 0 Å². The van der Waals surface area contributed by atoms with Crippen LogP contribution in [0.1, 0.15) is 75.0 Å². The molecule has 2 nitrogen and oxygen atoms in total. The topological polar surface area (TPSA) is 26.3 Å². The second-order valence-corrected chi connectivity index (χ2v) is 10.1. The third-order valence-corrected chi connectivity index (χ3v) is 8.49. The molecule has 2 heteroatoms. The predicted octanol–water partition coefficient (Wildman–Crippen LogP) is 6.72. The Hall–Kier alpha value is -2.09. The van der Waals surface area contributed by atoms with Gasteiger partial charge in [-0.2, -0.15) is 0 Å². The maximum atomic E-state index is 12.7. The van der Waals surface area contributed by atoms with E-state index in [1.165, 1.54) is 30.4 Å². The van der Waals surface area contributed by atoms with Gasteiger partial charge in [0.2, 0.25) is 0 Å². The summed E-state index contributed by atoms with van der Waals surface area (Å²) in [5.41, 5.74) is 4.19. The van der Waals surface area contributed by atoms with E-state index in [0.29, 0.717) is 36.1 Å². The smallest absolute Gasteiger partial charge is 0.139 e. The van der Waals surface area contributed by atoms with Crippen molar-refractivity contribution in [1.29, 1.82) is 0 Å². The number of fused-ring (bicyclic) bond motifs is 5. The van der Waals surface area contributed by atoms with Crippen molar-refractivity contribution in [2.75, 3.05) is 0 Å². The standard InChI is InChI=1S/C28H34O2/c1-3-7-20-16-21-17-22(30-18-19-8-5-4-6-9-19)10-11-23(21)24-14-15-28(2)25(27(20)24)12-13-26(28)29/h4-6,8-11,17,20,24-25,27H,3,7,12-16,18H2,1-2H3/t20-,24-,25+,27-,28+/m1/s1. The normalized spacial score (nSPS) is 32.3. The van der Waals surface area contributed by atoms with Gasteiger partial charge in [0.25, 0.3) is 0 Å². The van der Waals surface area contributed by atoms with Crippen LogP contribution >= 0.6 is 0 Å².